The number of carbonyl (C=O) groups is 1. The number of sulfone groups is 1. The monoisotopic (exact) mass is 505 g/mol. The van der Waals surface area contributed by atoms with Crippen molar-refractivity contribution in [3.63, 3.8) is 0 Å². The summed E-state index contributed by atoms with van der Waals surface area (Å²) >= 11 is 8.44. The van der Waals surface area contributed by atoms with Crippen LogP contribution < -0.4 is 0 Å². The molecule has 0 aliphatic carbocycles. The van der Waals surface area contributed by atoms with Crippen molar-refractivity contribution in [3.05, 3.63) is 50.0 Å². The molecule has 4 rings (SSSR count). The van der Waals surface area contributed by atoms with Gasteiger partial charge in [0.2, 0.25) is 5.91 Å². The number of amides is 1. The summed E-state index contributed by atoms with van der Waals surface area (Å²) in [6.45, 7) is 0.676. The third-order valence-corrected chi connectivity index (χ3v) is 8.08. The Hall–Kier alpha value is -1.59. The molecule has 2 aromatic rings. The minimum Gasteiger partial charge on any atom is -0.340 e. The van der Waals surface area contributed by atoms with E-state index in [0.29, 0.717) is 23.4 Å². The molecule has 0 saturated carbocycles. The number of hydrogen-bond acceptors (Lipinski definition) is 4. The van der Waals surface area contributed by atoms with Gasteiger partial charge in [-0.15, -0.1) is 0 Å². The summed E-state index contributed by atoms with van der Waals surface area (Å²) in [5, 5.41) is 0. The lowest BCUT2D eigenvalue weighted by molar-refractivity contribution is -0.130. The topological polar surface area (TPSA) is 75.2 Å². The van der Waals surface area contributed by atoms with E-state index < -0.39 is 27.4 Å². The highest BCUT2D eigenvalue weighted by Gasteiger charge is 2.33. The number of imidazole rings is 1. The lowest BCUT2D eigenvalue weighted by Crippen LogP contribution is -2.44. The molecule has 11 heteroatoms. The first-order valence-corrected chi connectivity index (χ1v) is 12.1. The minimum absolute atomic E-state index is 0.0102. The van der Waals surface area contributed by atoms with Crippen molar-refractivity contribution < 1.29 is 22.0 Å². The fraction of sp³-hybridized carbons (Fsp3) is 0.444. The number of halogens is 3. The zero-order valence-electron chi connectivity index (χ0n) is 15.3. The Bertz CT molecular complexity index is 1150. The first-order valence-electron chi connectivity index (χ1n) is 9.08. The SMILES string of the molecule is O=C(Cc1[nH]c(=S)n2c1C[C@@H](c1c(F)ccc(Br)c1F)C2)N1CCS(=O)(=O)CC1. The summed E-state index contributed by atoms with van der Waals surface area (Å²) in [5.74, 6) is -1.92. The van der Waals surface area contributed by atoms with Crippen LogP contribution in [0, 0.1) is 16.4 Å². The molecule has 0 spiro atoms. The fourth-order valence-electron chi connectivity index (χ4n) is 3.98. The minimum atomic E-state index is -3.07. The van der Waals surface area contributed by atoms with E-state index >= 15 is 0 Å². The average Bonchev–Trinajstić information content (AvgIpc) is 3.20. The highest BCUT2D eigenvalue weighted by molar-refractivity contribution is 9.10. The molecular formula is C18H18BrF2N3O3S2. The van der Waals surface area contributed by atoms with Crippen LogP contribution in [0.4, 0.5) is 8.78 Å². The van der Waals surface area contributed by atoms with Crippen molar-refractivity contribution in [1.82, 2.24) is 14.5 Å². The van der Waals surface area contributed by atoms with Gasteiger partial charge in [-0.05, 0) is 46.7 Å². The predicted molar refractivity (Wildman–Crippen MR) is 109 cm³/mol. The number of H-pyrrole nitrogens is 1. The number of rotatable bonds is 3. The number of fused-ring (bicyclic) bond motifs is 1. The van der Waals surface area contributed by atoms with E-state index in [0.717, 1.165) is 5.69 Å². The number of carbonyl (C=O) groups excluding carboxylic acids is 1. The number of hydrogen-bond donors (Lipinski definition) is 1. The maximum atomic E-state index is 14.5. The number of benzene rings is 1. The van der Waals surface area contributed by atoms with Gasteiger partial charge in [0.25, 0.3) is 0 Å². The Kier molecular flexibility index (Phi) is 5.41. The molecule has 0 unspecified atom stereocenters. The Balaban J connectivity index is 1.55. The second-order valence-corrected chi connectivity index (χ2v) is 10.9. The smallest absolute Gasteiger partial charge is 0.228 e. The summed E-state index contributed by atoms with van der Waals surface area (Å²) in [5.41, 5.74) is 1.39. The van der Waals surface area contributed by atoms with Crippen molar-refractivity contribution in [2.75, 3.05) is 24.6 Å². The van der Waals surface area contributed by atoms with Gasteiger partial charge < -0.3 is 14.5 Å². The predicted octanol–water partition coefficient (Wildman–Crippen LogP) is 2.73. The Morgan fingerprint density at radius 3 is 2.66 bits per heavy atom. The number of aromatic nitrogens is 2. The molecule has 1 amide bonds. The van der Waals surface area contributed by atoms with Gasteiger partial charge in [-0.3, -0.25) is 4.79 Å². The van der Waals surface area contributed by atoms with Crippen LogP contribution in [-0.2, 0) is 34.0 Å². The number of nitrogens with zero attached hydrogens (tertiary/aromatic N) is 2. The zero-order chi connectivity index (χ0) is 20.9. The average molecular weight is 506 g/mol. The normalized spacial score (nSPS) is 20.7. The van der Waals surface area contributed by atoms with Crippen molar-refractivity contribution in [1.29, 1.82) is 0 Å². The van der Waals surface area contributed by atoms with Crippen LogP contribution in [0.15, 0.2) is 16.6 Å². The first kappa shape index (κ1) is 20.7. The quantitative estimate of drug-likeness (QED) is 0.514. The van der Waals surface area contributed by atoms with E-state index in [9.17, 15) is 22.0 Å². The van der Waals surface area contributed by atoms with Gasteiger partial charge in [0.1, 0.15) is 11.6 Å². The van der Waals surface area contributed by atoms with Crippen LogP contribution in [-0.4, -0.2) is 53.4 Å². The van der Waals surface area contributed by atoms with Crippen LogP contribution in [0.5, 0.6) is 0 Å². The van der Waals surface area contributed by atoms with E-state index in [-0.39, 0.29) is 47.0 Å². The van der Waals surface area contributed by atoms with Gasteiger partial charge in [0.05, 0.1) is 22.4 Å². The van der Waals surface area contributed by atoms with Gasteiger partial charge in [-0.2, -0.15) is 0 Å². The molecule has 0 radical (unpaired) electrons. The molecule has 2 aliphatic rings. The molecule has 1 aromatic heterocycles. The molecule has 1 N–H and O–H groups in total. The summed E-state index contributed by atoms with van der Waals surface area (Å²) < 4.78 is 54.3. The standard InChI is InChI=1S/C18H18BrF2N3O3S2/c19-11-1-2-12(20)16(17(11)21)10-7-14-13(22-18(28)24(14)9-10)8-15(25)23-3-5-29(26,27)6-4-23/h1-2,10H,3-9H2,(H,22,28)/t10-/m1/s1. The van der Waals surface area contributed by atoms with Crippen LogP contribution in [0.1, 0.15) is 22.9 Å². The molecule has 1 aromatic carbocycles. The van der Waals surface area contributed by atoms with Gasteiger partial charge in [-0.1, -0.05) is 0 Å². The van der Waals surface area contributed by atoms with Gasteiger partial charge in [0.15, 0.2) is 14.6 Å². The molecule has 0 bridgehead atoms. The lowest BCUT2D eigenvalue weighted by atomic mass is 9.95. The van der Waals surface area contributed by atoms with Gasteiger partial charge in [0, 0.05) is 42.5 Å². The molecule has 2 aliphatic heterocycles. The Morgan fingerprint density at radius 2 is 1.97 bits per heavy atom. The second kappa shape index (κ2) is 7.59. The molecule has 29 heavy (non-hydrogen) atoms. The molecule has 1 atom stereocenters. The van der Waals surface area contributed by atoms with E-state index in [4.69, 9.17) is 12.2 Å². The Labute approximate surface area is 180 Å². The first-order chi connectivity index (χ1) is 13.7. The van der Waals surface area contributed by atoms with Crippen molar-refractivity contribution in [3.8, 4) is 0 Å². The highest BCUT2D eigenvalue weighted by Crippen LogP contribution is 2.36. The van der Waals surface area contributed by atoms with Gasteiger partial charge in [-0.25, -0.2) is 17.2 Å². The summed E-state index contributed by atoms with van der Waals surface area (Å²) in [6.07, 6.45) is 0.399. The number of nitrogens with one attached hydrogen (secondary N) is 1. The van der Waals surface area contributed by atoms with Crippen molar-refractivity contribution >= 4 is 43.9 Å². The zero-order valence-corrected chi connectivity index (χ0v) is 18.5. The third-order valence-electron chi connectivity index (χ3n) is 5.53. The van der Waals surface area contributed by atoms with Gasteiger partial charge >= 0.3 is 0 Å². The van der Waals surface area contributed by atoms with E-state index in [2.05, 4.69) is 20.9 Å². The van der Waals surface area contributed by atoms with Crippen molar-refractivity contribution in [2.45, 2.75) is 25.3 Å². The number of aromatic amines is 1. The van der Waals surface area contributed by atoms with Crippen LogP contribution >= 0.6 is 28.1 Å². The molecular weight excluding hydrogens is 488 g/mol. The third kappa shape index (κ3) is 3.91. The molecule has 1 saturated heterocycles. The molecule has 3 heterocycles. The van der Waals surface area contributed by atoms with E-state index in [1.54, 1.807) is 4.57 Å². The maximum absolute atomic E-state index is 14.5. The van der Waals surface area contributed by atoms with Crippen LogP contribution in [0.2, 0.25) is 0 Å². The van der Waals surface area contributed by atoms with Crippen LogP contribution in [0.25, 0.3) is 0 Å². The Morgan fingerprint density at radius 1 is 1.28 bits per heavy atom. The summed E-state index contributed by atoms with van der Waals surface area (Å²) in [7, 11) is -3.07. The maximum Gasteiger partial charge on any atom is 0.228 e. The molecule has 156 valence electrons. The second-order valence-electron chi connectivity index (χ2n) is 7.33. The van der Waals surface area contributed by atoms with E-state index in [1.165, 1.54) is 17.0 Å². The molecule has 6 nitrogen and oxygen atoms in total. The van der Waals surface area contributed by atoms with E-state index in [1.807, 2.05) is 0 Å². The van der Waals surface area contributed by atoms with Crippen molar-refractivity contribution in [2.24, 2.45) is 0 Å². The lowest BCUT2D eigenvalue weighted by Gasteiger charge is -2.26. The summed E-state index contributed by atoms with van der Waals surface area (Å²) in [4.78, 5) is 17.2. The summed E-state index contributed by atoms with van der Waals surface area (Å²) in [6, 6.07) is 2.56. The fourth-order valence-corrected chi connectivity index (χ4v) is 5.84. The molecule has 1 fully saturated rings. The van der Waals surface area contributed by atoms with Crippen LogP contribution in [0.3, 0.4) is 0 Å². The highest BCUT2D eigenvalue weighted by atomic mass is 79.9. The largest absolute Gasteiger partial charge is 0.340 e.